The Balaban J connectivity index is 2.02. The first-order valence-electron chi connectivity index (χ1n) is 6.37. The Morgan fingerprint density at radius 3 is 2.45 bits per heavy atom. The third-order valence-electron chi connectivity index (χ3n) is 2.80. The van der Waals surface area contributed by atoms with E-state index >= 15 is 0 Å². The molecule has 0 N–H and O–H groups in total. The highest BCUT2D eigenvalue weighted by atomic mass is 16.5. The number of aryl methyl sites for hydroxylation is 1. The molecule has 0 unspecified atom stereocenters. The van der Waals surface area contributed by atoms with Crippen molar-refractivity contribution in [1.82, 2.24) is 9.55 Å². The number of rotatable bonds is 6. The van der Waals surface area contributed by atoms with Crippen LogP contribution < -0.4 is 4.74 Å². The number of ether oxygens (including phenoxy) is 1. The zero-order valence-electron chi connectivity index (χ0n) is 11.5. The molecule has 0 fully saturated rings. The maximum atomic E-state index is 12.0. The van der Waals surface area contributed by atoms with Gasteiger partial charge in [-0.15, -0.1) is 0 Å². The third-order valence-corrected chi connectivity index (χ3v) is 2.80. The molecule has 1 aromatic heterocycles. The molecule has 20 heavy (non-hydrogen) atoms. The van der Waals surface area contributed by atoms with Crippen LogP contribution in [0.1, 0.15) is 34.2 Å². The van der Waals surface area contributed by atoms with Crippen molar-refractivity contribution in [1.29, 1.82) is 0 Å². The van der Waals surface area contributed by atoms with Crippen molar-refractivity contribution in [3.8, 4) is 5.75 Å². The number of Topliss-reactive ketones (excluding diaryl/α,β-unsaturated/α-hetero) is 2. The number of benzene rings is 1. The molecule has 1 aromatic carbocycles. The fourth-order valence-electron chi connectivity index (χ4n) is 1.80. The van der Waals surface area contributed by atoms with Gasteiger partial charge in [0, 0.05) is 18.8 Å². The Labute approximate surface area is 117 Å². The second-order valence-electron chi connectivity index (χ2n) is 4.40. The normalized spacial score (nSPS) is 10.3. The molecule has 0 bridgehead atoms. The number of carbonyl (C=O) groups excluding carboxylic acids is 2. The molecule has 5 nitrogen and oxygen atoms in total. The molecule has 0 spiro atoms. The molecular weight excluding hydrogens is 256 g/mol. The van der Waals surface area contributed by atoms with E-state index in [-0.39, 0.29) is 18.0 Å². The van der Waals surface area contributed by atoms with Crippen molar-refractivity contribution in [3.63, 3.8) is 0 Å². The van der Waals surface area contributed by atoms with Gasteiger partial charge in [0.15, 0.2) is 11.6 Å². The van der Waals surface area contributed by atoms with E-state index in [0.717, 1.165) is 0 Å². The van der Waals surface area contributed by atoms with Gasteiger partial charge in [-0.3, -0.25) is 9.59 Å². The molecule has 2 rings (SSSR count). The predicted molar refractivity (Wildman–Crippen MR) is 74.1 cm³/mol. The van der Waals surface area contributed by atoms with E-state index in [1.54, 1.807) is 42.1 Å². The molecule has 0 saturated heterocycles. The highest BCUT2D eigenvalue weighted by molar-refractivity contribution is 6.12. The summed E-state index contributed by atoms with van der Waals surface area (Å²) in [5.74, 6) is 0.216. The van der Waals surface area contributed by atoms with Crippen LogP contribution in [-0.4, -0.2) is 27.7 Å². The highest BCUT2D eigenvalue weighted by Crippen LogP contribution is 2.14. The molecule has 0 aliphatic rings. The standard InChI is InChI=1S/C15H16N2O3/c1-3-20-12-6-4-11(5-7-12)14(18)8-15(19)13-9-17(2)10-16-13/h4-7,9-10H,3,8H2,1-2H3. The van der Waals surface area contributed by atoms with Crippen LogP contribution in [0, 0.1) is 0 Å². The Bertz CT molecular complexity index is 614. The lowest BCUT2D eigenvalue weighted by Crippen LogP contribution is -2.09. The fourth-order valence-corrected chi connectivity index (χ4v) is 1.80. The van der Waals surface area contributed by atoms with E-state index in [1.807, 2.05) is 6.92 Å². The van der Waals surface area contributed by atoms with Crippen molar-refractivity contribution in [2.75, 3.05) is 6.61 Å². The summed E-state index contributed by atoms with van der Waals surface area (Å²) in [4.78, 5) is 27.8. The van der Waals surface area contributed by atoms with Crippen molar-refractivity contribution >= 4 is 11.6 Å². The zero-order chi connectivity index (χ0) is 14.5. The number of hydrogen-bond donors (Lipinski definition) is 0. The number of hydrogen-bond acceptors (Lipinski definition) is 4. The van der Waals surface area contributed by atoms with Gasteiger partial charge >= 0.3 is 0 Å². The van der Waals surface area contributed by atoms with Crippen molar-refractivity contribution < 1.29 is 14.3 Å². The van der Waals surface area contributed by atoms with Gasteiger partial charge < -0.3 is 9.30 Å². The van der Waals surface area contributed by atoms with Crippen LogP contribution in [0.5, 0.6) is 5.75 Å². The third kappa shape index (κ3) is 3.32. The molecule has 0 aliphatic heterocycles. The quantitative estimate of drug-likeness (QED) is 0.598. The first-order valence-corrected chi connectivity index (χ1v) is 6.37. The minimum absolute atomic E-state index is 0.176. The van der Waals surface area contributed by atoms with Crippen LogP contribution in [0.15, 0.2) is 36.8 Å². The van der Waals surface area contributed by atoms with Crippen LogP contribution >= 0.6 is 0 Å². The minimum Gasteiger partial charge on any atom is -0.494 e. The second kappa shape index (κ2) is 6.14. The monoisotopic (exact) mass is 272 g/mol. The Morgan fingerprint density at radius 1 is 1.20 bits per heavy atom. The van der Waals surface area contributed by atoms with Crippen molar-refractivity contribution in [2.24, 2.45) is 7.05 Å². The number of imidazole rings is 1. The smallest absolute Gasteiger partial charge is 0.190 e. The Morgan fingerprint density at radius 2 is 1.90 bits per heavy atom. The molecule has 0 amide bonds. The second-order valence-corrected chi connectivity index (χ2v) is 4.40. The van der Waals surface area contributed by atoms with Crippen LogP contribution in [-0.2, 0) is 7.05 Å². The lowest BCUT2D eigenvalue weighted by Gasteiger charge is -2.04. The van der Waals surface area contributed by atoms with Gasteiger partial charge in [0.1, 0.15) is 11.4 Å². The number of aromatic nitrogens is 2. The van der Waals surface area contributed by atoms with Gasteiger partial charge in [0.25, 0.3) is 0 Å². The molecule has 0 atom stereocenters. The highest BCUT2D eigenvalue weighted by Gasteiger charge is 2.15. The summed E-state index contributed by atoms with van der Waals surface area (Å²) >= 11 is 0. The molecule has 0 radical (unpaired) electrons. The van der Waals surface area contributed by atoms with E-state index in [0.29, 0.717) is 23.6 Å². The lowest BCUT2D eigenvalue weighted by molar-refractivity contribution is 0.0891. The first-order chi connectivity index (χ1) is 9.60. The average Bonchev–Trinajstić information content (AvgIpc) is 2.86. The Kier molecular flexibility index (Phi) is 4.30. The van der Waals surface area contributed by atoms with E-state index in [1.165, 1.54) is 6.33 Å². The molecule has 0 aliphatic carbocycles. The van der Waals surface area contributed by atoms with Crippen molar-refractivity contribution in [3.05, 3.63) is 48.0 Å². The van der Waals surface area contributed by atoms with Gasteiger partial charge in [-0.25, -0.2) is 4.98 Å². The molecule has 104 valence electrons. The molecule has 5 heteroatoms. The summed E-state index contributed by atoms with van der Waals surface area (Å²) in [5, 5.41) is 0. The molecular formula is C15H16N2O3. The van der Waals surface area contributed by atoms with Crippen LogP contribution in [0.2, 0.25) is 0 Å². The average molecular weight is 272 g/mol. The van der Waals surface area contributed by atoms with Crippen LogP contribution in [0.4, 0.5) is 0 Å². The molecule has 2 aromatic rings. The summed E-state index contributed by atoms with van der Waals surface area (Å²) in [7, 11) is 1.78. The lowest BCUT2D eigenvalue weighted by atomic mass is 10.0. The van der Waals surface area contributed by atoms with Gasteiger partial charge in [-0.1, -0.05) is 0 Å². The van der Waals surface area contributed by atoms with Crippen LogP contribution in [0.25, 0.3) is 0 Å². The molecule has 1 heterocycles. The van der Waals surface area contributed by atoms with Gasteiger partial charge in [-0.05, 0) is 31.2 Å². The maximum absolute atomic E-state index is 12.0. The SMILES string of the molecule is CCOc1ccc(C(=O)CC(=O)c2cn(C)cn2)cc1. The topological polar surface area (TPSA) is 61.2 Å². The van der Waals surface area contributed by atoms with E-state index < -0.39 is 0 Å². The maximum Gasteiger partial charge on any atom is 0.190 e. The number of carbonyl (C=O) groups is 2. The van der Waals surface area contributed by atoms with E-state index in [9.17, 15) is 9.59 Å². The molecule has 0 saturated carbocycles. The summed E-state index contributed by atoms with van der Waals surface area (Å²) < 4.78 is 6.98. The number of ketones is 2. The summed E-state index contributed by atoms with van der Waals surface area (Å²) in [6.07, 6.45) is 2.97. The van der Waals surface area contributed by atoms with Crippen LogP contribution in [0.3, 0.4) is 0 Å². The Hall–Kier alpha value is -2.43. The van der Waals surface area contributed by atoms with E-state index in [4.69, 9.17) is 4.74 Å². The largest absolute Gasteiger partial charge is 0.494 e. The summed E-state index contributed by atoms with van der Waals surface area (Å²) in [6, 6.07) is 6.78. The minimum atomic E-state index is -0.274. The zero-order valence-corrected chi connectivity index (χ0v) is 11.5. The number of nitrogens with zero attached hydrogens (tertiary/aromatic N) is 2. The van der Waals surface area contributed by atoms with E-state index in [2.05, 4.69) is 4.98 Å². The first kappa shape index (κ1) is 14.0. The van der Waals surface area contributed by atoms with Gasteiger partial charge in [0.05, 0.1) is 19.4 Å². The van der Waals surface area contributed by atoms with Crippen molar-refractivity contribution in [2.45, 2.75) is 13.3 Å². The summed E-state index contributed by atoms with van der Waals surface area (Å²) in [5.41, 5.74) is 0.810. The fraction of sp³-hybridized carbons (Fsp3) is 0.267. The predicted octanol–water partition coefficient (Wildman–Crippen LogP) is 2.27. The van der Waals surface area contributed by atoms with Gasteiger partial charge in [0.2, 0.25) is 0 Å². The summed E-state index contributed by atoms with van der Waals surface area (Å²) in [6.45, 7) is 2.47. The van der Waals surface area contributed by atoms with Gasteiger partial charge in [-0.2, -0.15) is 0 Å².